The quantitative estimate of drug-likeness (QED) is 0.823. The van der Waals surface area contributed by atoms with Crippen molar-refractivity contribution in [2.75, 3.05) is 19.6 Å². The summed E-state index contributed by atoms with van der Waals surface area (Å²) in [5.41, 5.74) is 0. The van der Waals surface area contributed by atoms with Crippen molar-refractivity contribution < 1.29 is 0 Å². The Balaban J connectivity index is 1.69. The molecule has 0 spiro atoms. The van der Waals surface area contributed by atoms with Crippen molar-refractivity contribution in [3.63, 3.8) is 0 Å². The van der Waals surface area contributed by atoms with Gasteiger partial charge in [-0.3, -0.25) is 0 Å². The van der Waals surface area contributed by atoms with Crippen LogP contribution in [-0.2, 0) is 6.54 Å². The molecule has 4 nitrogen and oxygen atoms in total. The molecule has 2 atom stereocenters. The van der Waals surface area contributed by atoms with E-state index in [4.69, 9.17) is 0 Å². The largest absolute Gasteiger partial charge is 0.337 e. The molecule has 0 saturated carbocycles. The Labute approximate surface area is 97.7 Å². The van der Waals surface area contributed by atoms with Gasteiger partial charge in [0.1, 0.15) is 0 Å². The standard InChI is InChI=1S/C12H22N4/c1-11-8-16(9-12(2)14-11)6-3-5-15-7-4-13-10-15/h4,7,10-12,14H,3,5-6,8-9H2,1-2H3. The summed E-state index contributed by atoms with van der Waals surface area (Å²) in [4.78, 5) is 6.61. The van der Waals surface area contributed by atoms with Crippen molar-refractivity contribution in [3.05, 3.63) is 18.7 Å². The van der Waals surface area contributed by atoms with E-state index >= 15 is 0 Å². The van der Waals surface area contributed by atoms with Crippen molar-refractivity contribution in [2.45, 2.75) is 38.9 Å². The zero-order chi connectivity index (χ0) is 11.4. The summed E-state index contributed by atoms with van der Waals surface area (Å²) in [5.74, 6) is 0. The number of rotatable bonds is 4. The number of nitrogens with zero attached hydrogens (tertiary/aromatic N) is 3. The summed E-state index contributed by atoms with van der Waals surface area (Å²) < 4.78 is 2.15. The Morgan fingerprint density at radius 2 is 2.00 bits per heavy atom. The molecule has 16 heavy (non-hydrogen) atoms. The maximum Gasteiger partial charge on any atom is 0.0945 e. The summed E-state index contributed by atoms with van der Waals surface area (Å²) in [6.07, 6.45) is 6.97. The molecule has 4 heteroatoms. The molecule has 2 unspecified atom stereocenters. The third-order valence-corrected chi connectivity index (χ3v) is 3.08. The second kappa shape index (κ2) is 5.46. The molecule has 1 saturated heterocycles. The molecule has 90 valence electrons. The average Bonchev–Trinajstić information content (AvgIpc) is 2.69. The van der Waals surface area contributed by atoms with Gasteiger partial charge in [-0.15, -0.1) is 0 Å². The molecule has 1 aromatic rings. The molecular formula is C12H22N4. The van der Waals surface area contributed by atoms with E-state index in [1.807, 2.05) is 18.7 Å². The van der Waals surface area contributed by atoms with Gasteiger partial charge >= 0.3 is 0 Å². The first kappa shape index (κ1) is 11.6. The van der Waals surface area contributed by atoms with Crippen molar-refractivity contribution in [1.29, 1.82) is 0 Å². The minimum atomic E-state index is 0.622. The van der Waals surface area contributed by atoms with Crippen molar-refractivity contribution in [2.24, 2.45) is 0 Å². The third-order valence-electron chi connectivity index (χ3n) is 3.08. The van der Waals surface area contributed by atoms with Crippen LogP contribution in [0.5, 0.6) is 0 Å². The fraction of sp³-hybridized carbons (Fsp3) is 0.750. The predicted molar refractivity (Wildman–Crippen MR) is 65.3 cm³/mol. The monoisotopic (exact) mass is 222 g/mol. The van der Waals surface area contributed by atoms with Crippen LogP contribution in [0.2, 0.25) is 0 Å². The SMILES string of the molecule is CC1CN(CCCn2ccnc2)CC(C)N1. The zero-order valence-corrected chi connectivity index (χ0v) is 10.3. The highest BCUT2D eigenvalue weighted by Gasteiger charge is 2.19. The molecule has 2 heterocycles. The van der Waals surface area contributed by atoms with Gasteiger partial charge < -0.3 is 14.8 Å². The Kier molecular flexibility index (Phi) is 3.96. The molecule has 1 fully saturated rings. The number of hydrogen-bond acceptors (Lipinski definition) is 3. The number of imidazole rings is 1. The Hall–Kier alpha value is -0.870. The van der Waals surface area contributed by atoms with Crippen molar-refractivity contribution >= 4 is 0 Å². The second-order valence-electron chi connectivity index (χ2n) is 4.88. The normalized spacial score (nSPS) is 27.1. The van der Waals surface area contributed by atoms with E-state index in [-0.39, 0.29) is 0 Å². The molecule has 0 amide bonds. The zero-order valence-electron chi connectivity index (χ0n) is 10.3. The van der Waals surface area contributed by atoms with Crippen LogP contribution < -0.4 is 5.32 Å². The summed E-state index contributed by atoms with van der Waals surface area (Å²) in [6, 6.07) is 1.24. The smallest absolute Gasteiger partial charge is 0.0945 e. The fourth-order valence-corrected chi connectivity index (χ4v) is 2.52. The van der Waals surface area contributed by atoms with E-state index in [0.29, 0.717) is 12.1 Å². The van der Waals surface area contributed by atoms with E-state index in [2.05, 4.69) is 33.6 Å². The van der Waals surface area contributed by atoms with Gasteiger partial charge in [0.15, 0.2) is 0 Å². The van der Waals surface area contributed by atoms with Crippen LogP contribution in [0.3, 0.4) is 0 Å². The average molecular weight is 222 g/mol. The summed E-state index contributed by atoms with van der Waals surface area (Å²) in [7, 11) is 0. The Morgan fingerprint density at radius 3 is 2.62 bits per heavy atom. The second-order valence-corrected chi connectivity index (χ2v) is 4.88. The third kappa shape index (κ3) is 3.32. The van der Waals surface area contributed by atoms with Gasteiger partial charge in [-0.2, -0.15) is 0 Å². The highest BCUT2D eigenvalue weighted by atomic mass is 15.2. The maximum absolute atomic E-state index is 4.05. The highest BCUT2D eigenvalue weighted by molar-refractivity contribution is 4.81. The summed E-state index contributed by atoms with van der Waals surface area (Å²) in [5, 5.41) is 3.56. The van der Waals surface area contributed by atoms with Gasteiger partial charge in [0.2, 0.25) is 0 Å². The van der Waals surface area contributed by atoms with E-state index in [0.717, 1.165) is 6.54 Å². The van der Waals surface area contributed by atoms with Gasteiger partial charge in [0, 0.05) is 44.1 Å². The van der Waals surface area contributed by atoms with Crippen LogP contribution in [0.4, 0.5) is 0 Å². The lowest BCUT2D eigenvalue weighted by Gasteiger charge is -2.36. The van der Waals surface area contributed by atoms with Gasteiger partial charge in [-0.05, 0) is 26.8 Å². The molecule has 0 radical (unpaired) electrons. The first-order chi connectivity index (χ1) is 7.74. The van der Waals surface area contributed by atoms with E-state index < -0.39 is 0 Å². The lowest BCUT2D eigenvalue weighted by atomic mass is 10.1. The van der Waals surface area contributed by atoms with Gasteiger partial charge in [0.05, 0.1) is 6.33 Å². The molecule has 0 aliphatic carbocycles. The van der Waals surface area contributed by atoms with Gasteiger partial charge in [-0.1, -0.05) is 0 Å². The van der Waals surface area contributed by atoms with E-state index in [1.54, 1.807) is 0 Å². The number of aryl methyl sites for hydroxylation is 1. The molecule has 2 rings (SSSR count). The summed E-state index contributed by atoms with van der Waals surface area (Å²) >= 11 is 0. The molecule has 1 aromatic heterocycles. The number of nitrogens with one attached hydrogen (secondary N) is 1. The van der Waals surface area contributed by atoms with Crippen LogP contribution in [0, 0.1) is 0 Å². The van der Waals surface area contributed by atoms with Gasteiger partial charge in [-0.25, -0.2) is 4.98 Å². The number of aromatic nitrogens is 2. The van der Waals surface area contributed by atoms with Crippen molar-refractivity contribution in [1.82, 2.24) is 19.8 Å². The molecule has 0 bridgehead atoms. The molecular weight excluding hydrogens is 200 g/mol. The minimum Gasteiger partial charge on any atom is -0.337 e. The van der Waals surface area contributed by atoms with Crippen LogP contribution in [0.1, 0.15) is 20.3 Å². The number of hydrogen-bond donors (Lipinski definition) is 1. The van der Waals surface area contributed by atoms with Crippen molar-refractivity contribution in [3.8, 4) is 0 Å². The van der Waals surface area contributed by atoms with Crippen LogP contribution in [0.25, 0.3) is 0 Å². The van der Waals surface area contributed by atoms with Crippen LogP contribution >= 0.6 is 0 Å². The lowest BCUT2D eigenvalue weighted by molar-refractivity contribution is 0.170. The van der Waals surface area contributed by atoms with Crippen LogP contribution in [0.15, 0.2) is 18.7 Å². The summed E-state index contributed by atoms with van der Waals surface area (Å²) in [6.45, 7) is 9.14. The minimum absolute atomic E-state index is 0.622. The molecule has 0 aromatic carbocycles. The van der Waals surface area contributed by atoms with E-state index in [9.17, 15) is 0 Å². The molecule has 1 aliphatic rings. The first-order valence-electron chi connectivity index (χ1n) is 6.18. The Morgan fingerprint density at radius 1 is 1.25 bits per heavy atom. The predicted octanol–water partition coefficient (Wildman–Crippen LogP) is 0.955. The van der Waals surface area contributed by atoms with E-state index in [1.165, 1.54) is 26.1 Å². The highest BCUT2D eigenvalue weighted by Crippen LogP contribution is 2.05. The first-order valence-corrected chi connectivity index (χ1v) is 6.18. The van der Waals surface area contributed by atoms with Crippen LogP contribution in [-0.4, -0.2) is 46.2 Å². The molecule has 1 aliphatic heterocycles. The topological polar surface area (TPSA) is 33.1 Å². The fourth-order valence-electron chi connectivity index (χ4n) is 2.52. The Bertz CT molecular complexity index is 286. The van der Waals surface area contributed by atoms with Gasteiger partial charge in [0.25, 0.3) is 0 Å². The lowest BCUT2D eigenvalue weighted by Crippen LogP contribution is -2.54. The number of piperazine rings is 1. The maximum atomic E-state index is 4.05. The molecule has 1 N–H and O–H groups in total.